The van der Waals surface area contributed by atoms with Crippen LogP contribution >= 0.6 is 47.8 Å². The third-order valence-corrected chi connectivity index (χ3v) is 3.83. The van der Waals surface area contributed by atoms with Crippen molar-refractivity contribution in [3.05, 3.63) is 25.6 Å². The minimum atomic E-state index is 0.679. The molecule has 0 spiro atoms. The molecule has 0 aliphatic heterocycles. The molecule has 1 N–H and O–H groups in total. The summed E-state index contributed by atoms with van der Waals surface area (Å²) >= 11 is 10.4. The van der Waals surface area contributed by atoms with Gasteiger partial charge < -0.3 is 14.8 Å². The molecular weight excluding hydrogens is 430 g/mol. The minimum Gasteiger partial charge on any atom is -0.491 e. The van der Waals surface area contributed by atoms with Crippen molar-refractivity contribution in [3.8, 4) is 5.75 Å². The number of rotatable bonds is 8. The van der Waals surface area contributed by atoms with Gasteiger partial charge >= 0.3 is 0 Å². The molecule has 18 heavy (non-hydrogen) atoms. The van der Waals surface area contributed by atoms with Crippen molar-refractivity contribution < 1.29 is 9.47 Å². The van der Waals surface area contributed by atoms with Crippen LogP contribution in [0.5, 0.6) is 5.75 Å². The molecule has 0 amide bonds. The number of methoxy groups -OCH3 is 1. The fourth-order valence-corrected chi connectivity index (χ4v) is 3.83. The Morgan fingerprint density at radius 2 is 1.72 bits per heavy atom. The number of benzene rings is 1. The molecule has 0 unspecified atom stereocenters. The van der Waals surface area contributed by atoms with E-state index in [0.717, 1.165) is 45.3 Å². The van der Waals surface area contributed by atoms with Crippen LogP contribution in [0.25, 0.3) is 0 Å². The highest BCUT2D eigenvalue weighted by molar-refractivity contribution is 9.11. The van der Waals surface area contributed by atoms with Gasteiger partial charge in [-0.05, 0) is 57.0 Å². The van der Waals surface area contributed by atoms with Crippen molar-refractivity contribution in [1.82, 2.24) is 5.32 Å². The first-order valence-electron chi connectivity index (χ1n) is 5.62. The van der Waals surface area contributed by atoms with Gasteiger partial charge in [0, 0.05) is 18.1 Å². The molecule has 0 aliphatic rings. The van der Waals surface area contributed by atoms with E-state index in [1.807, 2.05) is 12.1 Å². The van der Waals surface area contributed by atoms with E-state index < -0.39 is 0 Å². The zero-order valence-electron chi connectivity index (χ0n) is 10.1. The van der Waals surface area contributed by atoms with E-state index in [2.05, 4.69) is 53.1 Å². The van der Waals surface area contributed by atoms with E-state index in [1.165, 1.54) is 0 Å². The summed E-state index contributed by atoms with van der Waals surface area (Å²) in [5.41, 5.74) is 0. The van der Waals surface area contributed by atoms with Crippen LogP contribution in [0.1, 0.15) is 6.42 Å². The summed E-state index contributed by atoms with van der Waals surface area (Å²) in [5.74, 6) is 0.843. The molecule has 0 radical (unpaired) electrons. The third-order valence-electron chi connectivity index (χ3n) is 2.19. The normalized spacial score (nSPS) is 10.7. The third kappa shape index (κ3) is 6.02. The summed E-state index contributed by atoms with van der Waals surface area (Å²) in [7, 11) is 1.70. The lowest BCUT2D eigenvalue weighted by Crippen LogP contribution is -2.21. The van der Waals surface area contributed by atoms with Crippen LogP contribution in [0, 0.1) is 0 Å². The average molecular weight is 446 g/mol. The Hall–Kier alpha value is 0.380. The molecule has 0 heterocycles. The highest BCUT2D eigenvalue weighted by Gasteiger charge is 2.07. The molecule has 0 atom stereocenters. The molecule has 0 aliphatic carbocycles. The summed E-state index contributed by atoms with van der Waals surface area (Å²) in [6.07, 6.45) is 0.957. The maximum absolute atomic E-state index is 5.74. The average Bonchev–Trinajstić information content (AvgIpc) is 2.30. The molecule has 3 nitrogen and oxygen atoms in total. The van der Waals surface area contributed by atoms with Crippen LogP contribution in [0.4, 0.5) is 0 Å². The summed E-state index contributed by atoms with van der Waals surface area (Å²) in [5, 5.41) is 3.27. The zero-order valence-corrected chi connectivity index (χ0v) is 14.9. The smallest absolute Gasteiger partial charge is 0.147 e. The van der Waals surface area contributed by atoms with Crippen LogP contribution in [-0.4, -0.2) is 33.4 Å². The van der Waals surface area contributed by atoms with Gasteiger partial charge in [-0.1, -0.05) is 15.9 Å². The summed E-state index contributed by atoms with van der Waals surface area (Å²) < 4.78 is 13.6. The predicted octanol–water partition coefficient (Wildman–Crippen LogP) is 3.98. The lowest BCUT2D eigenvalue weighted by atomic mass is 10.3. The van der Waals surface area contributed by atoms with E-state index in [0.29, 0.717) is 6.61 Å². The fraction of sp³-hybridized carbons (Fsp3) is 0.500. The van der Waals surface area contributed by atoms with Crippen LogP contribution in [0.3, 0.4) is 0 Å². The fourth-order valence-electron chi connectivity index (χ4n) is 1.34. The van der Waals surface area contributed by atoms with Crippen molar-refractivity contribution in [1.29, 1.82) is 0 Å². The first kappa shape index (κ1) is 16.4. The lowest BCUT2D eigenvalue weighted by Gasteiger charge is -2.11. The van der Waals surface area contributed by atoms with Crippen LogP contribution in [0.2, 0.25) is 0 Å². The topological polar surface area (TPSA) is 30.5 Å². The molecule has 1 rings (SSSR count). The number of hydrogen-bond acceptors (Lipinski definition) is 3. The molecule has 0 aromatic heterocycles. The lowest BCUT2D eigenvalue weighted by molar-refractivity contribution is 0.198. The molecular formula is C12H16Br3NO2. The second kappa shape index (κ2) is 9.31. The molecule has 6 heteroatoms. The highest BCUT2D eigenvalue weighted by Crippen LogP contribution is 2.36. The monoisotopic (exact) mass is 443 g/mol. The highest BCUT2D eigenvalue weighted by atomic mass is 79.9. The van der Waals surface area contributed by atoms with Gasteiger partial charge in [-0.15, -0.1) is 0 Å². The van der Waals surface area contributed by atoms with E-state index in [1.54, 1.807) is 7.11 Å². The first-order chi connectivity index (χ1) is 8.65. The van der Waals surface area contributed by atoms with Crippen LogP contribution in [0.15, 0.2) is 25.6 Å². The quantitative estimate of drug-likeness (QED) is 0.614. The van der Waals surface area contributed by atoms with Gasteiger partial charge in [-0.3, -0.25) is 0 Å². The van der Waals surface area contributed by atoms with Gasteiger partial charge in [0.25, 0.3) is 0 Å². The molecule has 0 fully saturated rings. The van der Waals surface area contributed by atoms with E-state index >= 15 is 0 Å². The number of hydrogen-bond donors (Lipinski definition) is 1. The first-order valence-corrected chi connectivity index (χ1v) is 8.00. The van der Waals surface area contributed by atoms with Gasteiger partial charge in [0.05, 0.1) is 22.2 Å². The Balaban J connectivity index is 2.27. The molecule has 1 aromatic carbocycles. The molecule has 0 saturated heterocycles. The minimum absolute atomic E-state index is 0.679. The van der Waals surface area contributed by atoms with Crippen molar-refractivity contribution in [2.75, 3.05) is 33.4 Å². The van der Waals surface area contributed by atoms with Crippen molar-refractivity contribution in [2.24, 2.45) is 0 Å². The van der Waals surface area contributed by atoms with Gasteiger partial charge in [0.1, 0.15) is 5.75 Å². The maximum atomic E-state index is 5.74. The van der Waals surface area contributed by atoms with E-state index in [-0.39, 0.29) is 0 Å². The van der Waals surface area contributed by atoms with Crippen LogP contribution in [-0.2, 0) is 4.74 Å². The van der Waals surface area contributed by atoms with Crippen molar-refractivity contribution in [2.45, 2.75) is 6.42 Å². The Morgan fingerprint density at radius 1 is 1.06 bits per heavy atom. The van der Waals surface area contributed by atoms with Crippen molar-refractivity contribution >= 4 is 47.8 Å². The second-order valence-electron chi connectivity index (χ2n) is 3.64. The summed E-state index contributed by atoms with van der Waals surface area (Å²) in [6, 6.07) is 3.94. The second-order valence-corrected chi connectivity index (χ2v) is 6.27. The molecule has 102 valence electrons. The summed E-state index contributed by atoms with van der Waals surface area (Å²) in [6.45, 7) is 3.22. The predicted molar refractivity (Wildman–Crippen MR) is 84.4 cm³/mol. The SMILES string of the molecule is COCCNCCCOc1c(Br)cc(Br)cc1Br. The molecule has 0 saturated carbocycles. The largest absolute Gasteiger partial charge is 0.491 e. The summed E-state index contributed by atoms with van der Waals surface area (Å²) in [4.78, 5) is 0. The van der Waals surface area contributed by atoms with Gasteiger partial charge in [0.15, 0.2) is 0 Å². The Kier molecular flexibility index (Phi) is 8.50. The van der Waals surface area contributed by atoms with E-state index in [9.17, 15) is 0 Å². The molecule has 1 aromatic rings. The van der Waals surface area contributed by atoms with Gasteiger partial charge in [-0.25, -0.2) is 0 Å². The Labute approximate surface area is 133 Å². The number of nitrogens with one attached hydrogen (secondary N) is 1. The van der Waals surface area contributed by atoms with E-state index in [4.69, 9.17) is 9.47 Å². The Bertz CT molecular complexity index is 351. The van der Waals surface area contributed by atoms with Gasteiger partial charge in [-0.2, -0.15) is 0 Å². The van der Waals surface area contributed by atoms with Crippen LogP contribution < -0.4 is 10.1 Å². The standard InChI is InChI=1S/C12H16Br3NO2/c1-17-6-4-16-3-2-5-18-12-10(14)7-9(13)8-11(12)15/h7-8,16H,2-6H2,1H3. The zero-order chi connectivity index (χ0) is 13.4. The molecule has 0 bridgehead atoms. The van der Waals surface area contributed by atoms with Crippen molar-refractivity contribution in [3.63, 3.8) is 0 Å². The number of halogens is 3. The maximum Gasteiger partial charge on any atom is 0.147 e. The number of ether oxygens (including phenoxy) is 2. The van der Waals surface area contributed by atoms with Gasteiger partial charge in [0.2, 0.25) is 0 Å². The Morgan fingerprint density at radius 3 is 2.33 bits per heavy atom.